The molecular weight excluding hydrogens is 238 g/mol. The van der Waals surface area contributed by atoms with Crippen molar-refractivity contribution in [2.24, 2.45) is 0 Å². The van der Waals surface area contributed by atoms with E-state index in [-0.39, 0.29) is 5.75 Å². The topological polar surface area (TPSA) is 41.5 Å². The normalized spacial score (nSPS) is 10.4. The lowest BCUT2D eigenvalue weighted by atomic mass is 10.1. The molecule has 3 heteroatoms. The number of hydrogen-bond acceptors (Lipinski definition) is 3. The van der Waals surface area contributed by atoms with Crippen molar-refractivity contribution in [2.45, 2.75) is 20.0 Å². The predicted octanol–water partition coefficient (Wildman–Crippen LogP) is 3.00. The van der Waals surface area contributed by atoms with Gasteiger partial charge in [-0.2, -0.15) is 0 Å². The molecule has 3 nitrogen and oxygen atoms in total. The quantitative estimate of drug-likeness (QED) is 0.865. The van der Waals surface area contributed by atoms with Crippen molar-refractivity contribution in [3.63, 3.8) is 0 Å². The molecule has 0 aliphatic carbocycles. The minimum Gasteiger partial charge on any atom is -0.504 e. The third kappa shape index (κ3) is 3.73. The van der Waals surface area contributed by atoms with E-state index in [9.17, 15) is 5.11 Å². The fourth-order valence-electron chi connectivity index (χ4n) is 1.90. The third-order valence-corrected chi connectivity index (χ3v) is 3.02. The maximum Gasteiger partial charge on any atom is 0.160 e. The highest BCUT2D eigenvalue weighted by atomic mass is 16.5. The van der Waals surface area contributed by atoms with Gasteiger partial charge >= 0.3 is 0 Å². The second-order valence-corrected chi connectivity index (χ2v) is 4.60. The first-order chi connectivity index (χ1) is 9.19. The molecule has 0 spiro atoms. The van der Waals surface area contributed by atoms with Crippen molar-refractivity contribution < 1.29 is 9.84 Å². The van der Waals surface area contributed by atoms with Gasteiger partial charge in [0.2, 0.25) is 0 Å². The van der Waals surface area contributed by atoms with Crippen LogP contribution in [0.15, 0.2) is 42.5 Å². The summed E-state index contributed by atoms with van der Waals surface area (Å²) in [6.07, 6.45) is 0. The van der Waals surface area contributed by atoms with E-state index in [2.05, 4.69) is 36.5 Å². The molecule has 19 heavy (non-hydrogen) atoms. The lowest BCUT2D eigenvalue weighted by Crippen LogP contribution is -2.12. The number of benzene rings is 2. The molecule has 0 fully saturated rings. The fraction of sp³-hybridized carbons (Fsp3) is 0.250. The van der Waals surface area contributed by atoms with Gasteiger partial charge in [0.15, 0.2) is 11.5 Å². The number of phenols is 1. The van der Waals surface area contributed by atoms with E-state index in [1.165, 1.54) is 11.1 Å². The molecule has 2 N–H and O–H groups in total. The van der Waals surface area contributed by atoms with Gasteiger partial charge in [0.25, 0.3) is 0 Å². The van der Waals surface area contributed by atoms with Crippen LogP contribution in [0.25, 0.3) is 0 Å². The smallest absolute Gasteiger partial charge is 0.160 e. The van der Waals surface area contributed by atoms with Crippen LogP contribution in [0.3, 0.4) is 0 Å². The molecule has 2 aromatic carbocycles. The molecule has 0 saturated heterocycles. The van der Waals surface area contributed by atoms with Crippen LogP contribution in [0.4, 0.5) is 0 Å². The van der Waals surface area contributed by atoms with E-state index in [4.69, 9.17) is 4.74 Å². The standard InChI is InChI=1S/C16H19NO2/c1-12-3-5-13(6-4-12)10-17-11-14-7-8-16(19-2)15(18)9-14/h3-9,17-18H,10-11H2,1-2H3. The van der Waals surface area contributed by atoms with E-state index >= 15 is 0 Å². The number of methoxy groups -OCH3 is 1. The molecule has 2 rings (SSSR count). The van der Waals surface area contributed by atoms with Gasteiger partial charge in [0, 0.05) is 13.1 Å². The Morgan fingerprint density at radius 3 is 2.26 bits per heavy atom. The molecule has 0 atom stereocenters. The molecule has 0 unspecified atom stereocenters. The van der Waals surface area contributed by atoms with Gasteiger partial charge in [-0.15, -0.1) is 0 Å². The summed E-state index contributed by atoms with van der Waals surface area (Å²) in [5.41, 5.74) is 3.55. The maximum absolute atomic E-state index is 9.69. The molecule has 0 saturated carbocycles. The highest BCUT2D eigenvalue weighted by Gasteiger charge is 2.02. The minimum atomic E-state index is 0.178. The van der Waals surface area contributed by atoms with Crippen LogP contribution < -0.4 is 10.1 Å². The molecular formula is C16H19NO2. The zero-order valence-electron chi connectivity index (χ0n) is 11.3. The van der Waals surface area contributed by atoms with Gasteiger partial charge in [-0.25, -0.2) is 0 Å². The molecule has 2 aromatic rings. The second-order valence-electron chi connectivity index (χ2n) is 4.60. The number of hydrogen-bond donors (Lipinski definition) is 2. The zero-order valence-corrected chi connectivity index (χ0v) is 11.3. The first-order valence-corrected chi connectivity index (χ1v) is 6.31. The Morgan fingerprint density at radius 1 is 1.00 bits per heavy atom. The molecule has 0 radical (unpaired) electrons. The lowest BCUT2D eigenvalue weighted by Gasteiger charge is -2.08. The summed E-state index contributed by atoms with van der Waals surface area (Å²) in [5, 5.41) is 13.0. The summed E-state index contributed by atoms with van der Waals surface area (Å²) in [7, 11) is 1.55. The van der Waals surface area contributed by atoms with Crippen molar-refractivity contribution >= 4 is 0 Å². The number of aryl methyl sites for hydroxylation is 1. The van der Waals surface area contributed by atoms with E-state index in [0.29, 0.717) is 12.3 Å². The Bertz CT molecular complexity index is 535. The first-order valence-electron chi connectivity index (χ1n) is 6.31. The average Bonchev–Trinajstić information content (AvgIpc) is 2.41. The second kappa shape index (κ2) is 6.25. The van der Waals surface area contributed by atoms with Gasteiger partial charge in [-0.1, -0.05) is 35.9 Å². The van der Waals surface area contributed by atoms with Crippen LogP contribution in [-0.2, 0) is 13.1 Å². The van der Waals surface area contributed by atoms with Crippen LogP contribution in [0.2, 0.25) is 0 Å². The van der Waals surface area contributed by atoms with Crippen LogP contribution >= 0.6 is 0 Å². The van der Waals surface area contributed by atoms with E-state index < -0.39 is 0 Å². The van der Waals surface area contributed by atoms with Crippen molar-refractivity contribution in [2.75, 3.05) is 7.11 Å². The molecule has 0 aliphatic heterocycles. The molecule has 100 valence electrons. The third-order valence-electron chi connectivity index (χ3n) is 3.02. The summed E-state index contributed by atoms with van der Waals surface area (Å²) in [4.78, 5) is 0. The molecule has 0 heterocycles. The van der Waals surface area contributed by atoms with Gasteiger partial charge in [-0.05, 0) is 30.2 Å². The largest absolute Gasteiger partial charge is 0.504 e. The Morgan fingerprint density at radius 2 is 1.63 bits per heavy atom. The van der Waals surface area contributed by atoms with Crippen LogP contribution in [0.1, 0.15) is 16.7 Å². The SMILES string of the molecule is COc1ccc(CNCc2ccc(C)cc2)cc1O. The van der Waals surface area contributed by atoms with Gasteiger partial charge in [0.1, 0.15) is 0 Å². The monoisotopic (exact) mass is 257 g/mol. The summed E-state index contributed by atoms with van der Waals surface area (Å²) in [6, 6.07) is 13.9. The zero-order chi connectivity index (χ0) is 13.7. The molecule has 0 amide bonds. The Labute approximate surface area is 113 Å². The van der Waals surface area contributed by atoms with Crippen LogP contribution in [0, 0.1) is 6.92 Å². The summed E-state index contributed by atoms with van der Waals surface area (Å²) in [6.45, 7) is 3.61. The first kappa shape index (κ1) is 13.4. The van der Waals surface area contributed by atoms with Gasteiger partial charge < -0.3 is 15.2 Å². The van der Waals surface area contributed by atoms with Crippen LogP contribution in [-0.4, -0.2) is 12.2 Å². The minimum absolute atomic E-state index is 0.178. The van der Waals surface area contributed by atoms with Crippen molar-refractivity contribution in [3.8, 4) is 11.5 Å². The highest BCUT2D eigenvalue weighted by Crippen LogP contribution is 2.26. The van der Waals surface area contributed by atoms with E-state index in [1.54, 1.807) is 19.2 Å². The Balaban J connectivity index is 1.88. The number of phenolic OH excluding ortho intramolecular Hbond substituents is 1. The van der Waals surface area contributed by atoms with Gasteiger partial charge in [-0.3, -0.25) is 0 Å². The lowest BCUT2D eigenvalue weighted by molar-refractivity contribution is 0.373. The predicted molar refractivity (Wildman–Crippen MR) is 76.4 cm³/mol. The van der Waals surface area contributed by atoms with Crippen molar-refractivity contribution in [1.29, 1.82) is 0 Å². The summed E-state index contributed by atoms with van der Waals surface area (Å²) < 4.78 is 5.01. The Kier molecular flexibility index (Phi) is 4.42. The molecule has 0 aromatic heterocycles. The molecule has 0 aliphatic rings. The van der Waals surface area contributed by atoms with E-state index in [1.807, 2.05) is 6.07 Å². The van der Waals surface area contributed by atoms with E-state index in [0.717, 1.165) is 12.1 Å². The fourth-order valence-corrected chi connectivity index (χ4v) is 1.90. The van der Waals surface area contributed by atoms with Crippen molar-refractivity contribution in [3.05, 3.63) is 59.2 Å². The highest BCUT2D eigenvalue weighted by molar-refractivity contribution is 5.41. The number of nitrogens with one attached hydrogen (secondary N) is 1. The summed E-state index contributed by atoms with van der Waals surface area (Å²) in [5.74, 6) is 0.680. The maximum atomic E-state index is 9.69. The van der Waals surface area contributed by atoms with Gasteiger partial charge in [0.05, 0.1) is 7.11 Å². The average molecular weight is 257 g/mol. The Hall–Kier alpha value is -2.00. The molecule has 0 bridgehead atoms. The van der Waals surface area contributed by atoms with Crippen molar-refractivity contribution in [1.82, 2.24) is 5.32 Å². The number of rotatable bonds is 5. The number of aromatic hydroxyl groups is 1. The summed E-state index contributed by atoms with van der Waals surface area (Å²) >= 11 is 0. The van der Waals surface area contributed by atoms with Crippen LogP contribution in [0.5, 0.6) is 11.5 Å². The number of ether oxygens (including phenoxy) is 1.